The first-order valence-corrected chi connectivity index (χ1v) is 6.80. The second-order valence-electron chi connectivity index (χ2n) is 4.96. The Hall–Kier alpha value is -0.980. The predicted molar refractivity (Wildman–Crippen MR) is 78.8 cm³/mol. The molecule has 18 heavy (non-hydrogen) atoms. The quantitative estimate of drug-likeness (QED) is 0.812. The van der Waals surface area contributed by atoms with Gasteiger partial charge in [0.05, 0.1) is 3.57 Å². The van der Waals surface area contributed by atoms with Gasteiger partial charge in [-0.2, -0.15) is 0 Å². The molecular weight excluding hydrogens is 345 g/mol. The molecule has 1 aromatic rings. The Morgan fingerprint density at radius 3 is 2.67 bits per heavy atom. The summed E-state index contributed by atoms with van der Waals surface area (Å²) in [6, 6.07) is 5.39. The second-order valence-corrected chi connectivity index (χ2v) is 6.13. The van der Waals surface area contributed by atoms with E-state index >= 15 is 0 Å². The van der Waals surface area contributed by atoms with E-state index in [2.05, 4.69) is 27.9 Å². The molecule has 0 aromatic heterocycles. The van der Waals surface area contributed by atoms with Gasteiger partial charge in [0.25, 0.3) is 0 Å². The van der Waals surface area contributed by atoms with Crippen LogP contribution in [-0.2, 0) is 11.2 Å². The third kappa shape index (κ3) is 5.57. The largest absolute Gasteiger partial charge is 0.507 e. The third-order valence-corrected chi connectivity index (χ3v) is 2.96. The van der Waals surface area contributed by atoms with E-state index < -0.39 is 11.7 Å². The van der Waals surface area contributed by atoms with Gasteiger partial charge in [0.2, 0.25) is 0 Å². The van der Waals surface area contributed by atoms with Crippen molar-refractivity contribution in [2.24, 2.45) is 0 Å². The van der Waals surface area contributed by atoms with Crippen molar-refractivity contribution in [2.75, 3.05) is 6.54 Å². The number of benzene rings is 1. The van der Waals surface area contributed by atoms with E-state index in [1.807, 2.05) is 32.9 Å². The minimum Gasteiger partial charge on any atom is -0.507 e. The summed E-state index contributed by atoms with van der Waals surface area (Å²) in [4.78, 5) is 11.4. The molecule has 0 saturated carbocycles. The summed E-state index contributed by atoms with van der Waals surface area (Å²) in [6.45, 7) is 5.99. The molecule has 4 nitrogen and oxygen atoms in total. The second kappa shape index (κ2) is 6.26. The molecule has 0 aliphatic rings. The standard InChI is InChI=1S/C13H18INO3/c1-13(2,3)18-12(17)15-7-6-9-4-5-11(16)10(14)8-9/h4-5,8,16H,6-7H2,1-3H3,(H,15,17). The number of halogens is 1. The maximum Gasteiger partial charge on any atom is 0.407 e. The minimum absolute atomic E-state index is 0.277. The van der Waals surface area contributed by atoms with Gasteiger partial charge in [0.15, 0.2) is 0 Å². The number of alkyl carbamates (subject to hydrolysis) is 1. The molecular formula is C13H18INO3. The Bertz CT molecular complexity index is 427. The molecule has 0 heterocycles. The maximum atomic E-state index is 11.4. The van der Waals surface area contributed by atoms with E-state index in [0.717, 1.165) is 9.13 Å². The number of ether oxygens (including phenoxy) is 1. The van der Waals surface area contributed by atoms with E-state index in [-0.39, 0.29) is 5.75 Å². The first kappa shape index (κ1) is 15.1. The van der Waals surface area contributed by atoms with Gasteiger partial charge in [-0.3, -0.25) is 0 Å². The van der Waals surface area contributed by atoms with Gasteiger partial charge in [-0.05, 0) is 67.5 Å². The van der Waals surface area contributed by atoms with Gasteiger partial charge < -0.3 is 15.2 Å². The normalized spacial score (nSPS) is 11.1. The van der Waals surface area contributed by atoms with Crippen molar-refractivity contribution in [2.45, 2.75) is 32.8 Å². The summed E-state index contributed by atoms with van der Waals surface area (Å²) < 4.78 is 5.93. The lowest BCUT2D eigenvalue weighted by molar-refractivity contribution is 0.0528. The minimum atomic E-state index is -0.474. The molecule has 100 valence electrons. The first-order valence-electron chi connectivity index (χ1n) is 5.72. The number of hydrogen-bond donors (Lipinski definition) is 2. The van der Waals surface area contributed by atoms with Gasteiger partial charge in [0, 0.05) is 6.54 Å². The van der Waals surface area contributed by atoms with Crippen LogP contribution in [0.3, 0.4) is 0 Å². The summed E-state index contributed by atoms with van der Waals surface area (Å²) >= 11 is 2.07. The van der Waals surface area contributed by atoms with Crippen LogP contribution in [-0.4, -0.2) is 23.3 Å². The van der Waals surface area contributed by atoms with Crippen LogP contribution in [0.4, 0.5) is 4.79 Å². The number of rotatable bonds is 3. The first-order chi connectivity index (χ1) is 8.28. The molecule has 0 radical (unpaired) electrons. The Balaban J connectivity index is 2.38. The molecule has 1 amide bonds. The Kier molecular flexibility index (Phi) is 5.25. The number of carbonyl (C=O) groups excluding carboxylic acids is 1. The summed E-state index contributed by atoms with van der Waals surface area (Å²) in [7, 11) is 0. The van der Waals surface area contributed by atoms with Crippen LogP contribution in [0.25, 0.3) is 0 Å². The Morgan fingerprint density at radius 2 is 2.11 bits per heavy atom. The van der Waals surface area contributed by atoms with E-state index in [4.69, 9.17) is 4.74 Å². The fourth-order valence-electron chi connectivity index (χ4n) is 1.33. The molecule has 0 bridgehead atoms. The van der Waals surface area contributed by atoms with Gasteiger partial charge in [-0.15, -0.1) is 0 Å². The van der Waals surface area contributed by atoms with Crippen LogP contribution in [0.15, 0.2) is 18.2 Å². The van der Waals surface area contributed by atoms with Gasteiger partial charge in [0.1, 0.15) is 11.4 Å². The number of phenolic OH excluding ortho intramolecular Hbond substituents is 1. The van der Waals surface area contributed by atoms with Crippen molar-refractivity contribution in [3.05, 3.63) is 27.3 Å². The molecule has 0 aliphatic carbocycles. The average molecular weight is 363 g/mol. The highest BCUT2D eigenvalue weighted by molar-refractivity contribution is 14.1. The molecule has 1 aromatic carbocycles. The van der Waals surface area contributed by atoms with Gasteiger partial charge in [-0.1, -0.05) is 6.07 Å². The number of nitrogens with one attached hydrogen (secondary N) is 1. The van der Waals surface area contributed by atoms with Crippen LogP contribution in [0, 0.1) is 3.57 Å². The van der Waals surface area contributed by atoms with Crippen molar-refractivity contribution in [3.8, 4) is 5.75 Å². The number of hydrogen-bond acceptors (Lipinski definition) is 3. The zero-order chi connectivity index (χ0) is 13.8. The fourth-order valence-corrected chi connectivity index (χ4v) is 1.91. The number of amides is 1. The highest BCUT2D eigenvalue weighted by Crippen LogP contribution is 2.20. The zero-order valence-corrected chi connectivity index (χ0v) is 12.9. The van der Waals surface area contributed by atoms with Gasteiger partial charge in [-0.25, -0.2) is 4.79 Å². The number of phenols is 1. The molecule has 0 saturated heterocycles. The predicted octanol–water partition coefficient (Wildman–Crippen LogP) is 3.06. The van der Waals surface area contributed by atoms with Crippen LogP contribution in [0.5, 0.6) is 5.75 Å². The van der Waals surface area contributed by atoms with E-state index in [1.54, 1.807) is 6.07 Å². The van der Waals surface area contributed by atoms with Crippen LogP contribution < -0.4 is 5.32 Å². The van der Waals surface area contributed by atoms with Crippen molar-refractivity contribution < 1.29 is 14.6 Å². The Labute approximate surface area is 121 Å². The topological polar surface area (TPSA) is 58.6 Å². The van der Waals surface area contributed by atoms with Crippen molar-refractivity contribution in [1.82, 2.24) is 5.32 Å². The average Bonchev–Trinajstić information content (AvgIpc) is 2.20. The number of carbonyl (C=O) groups is 1. The monoisotopic (exact) mass is 363 g/mol. The summed E-state index contributed by atoms with van der Waals surface area (Å²) in [5.74, 6) is 0.277. The molecule has 0 aliphatic heterocycles. The molecule has 2 N–H and O–H groups in total. The Morgan fingerprint density at radius 1 is 1.44 bits per heavy atom. The fraction of sp³-hybridized carbons (Fsp3) is 0.462. The third-order valence-electron chi connectivity index (χ3n) is 2.09. The van der Waals surface area contributed by atoms with Crippen molar-refractivity contribution in [1.29, 1.82) is 0 Å². The van der Waals surface area contributed by atoms with E-state index in [1.165, 1.54) is 0 Å². The molecule has 0 fully saturated rings. The SMILES string of the molecule is CC(C)(C)OC(=O)NCCc1ccc(O)c(I)c1. The summed E-state index contributed by atoms with van der Waals surface area (Å²) in [6.07, 6.45) is 0.297. The molecule has 5 heteroatoms. The van der Waals surface area contributed by atoms with Gasteiger partial charge >= 0.3 is 6.09 Å². The highest BCUT2D eigenvalue weighted by atomic mass is 127. The van der Waals surface area contributed by atoms with Crippen LogP contribution in [0.2, 0.25) is 0 Å². The number of aromatic hydroxyl groups is 1. The van der Waals surface area contributed by atoms with E-state index in [0.29, 0.717) is 13.0 Å². The highest BCUT2D eigenvalue weighted by Gasteiger charge is 2.15. The molecule has 0 unspecified atom stereocenters. The maximum absolute atomic E-state index is 11.4. The summed E-state index contributed by atoms with van der Waals surface area (Å²) in [5, 5.41) is 12.1. The molecule has 0 spiro atoms. The van der Waals surface area contributed by atoms with E-state index in [9.17, 15) is 9.90 Å². The van der Waals surface area contributed by atoms with Crippen LogP contribution in [0.1, 0.15) is 26.3 Å². The van der Waals surface area contributed by atoms with Crippen LogP contribution >= 0.6 is 22.6 Å². The molecule has 0 atom stereocenters. The zero-order valence-electron chi connectivity index (χ0n) is 10.8. The summed E-state index contributed by atoms with van der Waals surface area (Å²) in [5.41, 5.74) is 0.589. The van der Waals surface area contributed by atoms with Crippen molar-refractivity contribution >= 4 is 28.7 Å². The molecule has 1 rings (SSSR count). The lowest BCUT2D eigenvalue weighted by Gasteiger charge is -2.19. The lowest BCUT2D eigenvalue weighted by Crippen LogP contribution is -2.33. The smallest absolute Gasteiger partial charge is 0.407 e. The lowest BCUT2D eigenvalue weighted by atomic mass is 10.1. The van der Waals surface area contributed by atoms with Crippen molar-refractivity contribution in [3.63, 3.8) is 0 Å².